The van der Waals surface area contributed by atoms with Crippen LogP contribution >= 0.6 is 0 Å². The summed E-state index contributed by atoms with van der Waals surface area (Å²) in [6.45, 7) is 3.56. The molecule has 0 bridgehead atoms. The standard InChI is InChI=1S/C17H19N3O4/c1-17(2,16(22)23)20-10-12(9-18-20)19-15(21)14-13-6-4-3-5-11(13)7-8-24-14/h3-6,9-10,14H,7-8H2,1-2H3,(H,19,21)(H,22,23). The largest absolute Gasteiger partial charge is 0.479 e. The predicted molar refractivity (Wildman–Crippen MR) is 86.7 cm³/mol. The number of ether oxygens (including phenoxy) is 1. The Bertz CT molecular complexity index is 782. The first kappa shape index (κ1) is 16.2. The van der Waals surface area contributed by atoms with Gasteiger partial charge in [0.25, 0.3) is 5.91 Å². The number of anilines is 1. The summed E-state index contributed by atoms with van der Waals surface area (Å²) in [5, 5.41) is 16.0. The molecule has 1 amide bonds. The molecule has 2 heterocycles. The van der Waals surface area contributed by atoms with Gasteiger partial charge in [-0.05, 0) is 31.4 Å². The molecule has 1 unspecified atom stereocenters. The van der Waals surface area contributed by atoms with Gasteiger partial charge in [-0.2, -0.15) is 5.10 Å². The Morgan fingerprint density at radius 3 is 2.88 bits per heavy atom. The van der Waals surface area contributed by atoms with Gasteiger partial charge in [-0.1, -0.05) is 24.3 Å². The van der Waals surface area contributed by atoms with Crippen LogP contribution in [0.25, 0.3) is 0 Å². The van der Waals surface area contributed by atoms with Gasteiger partial charge in [0, 0.05) is 6.20 Å². The zero-order valence-electron chi connectivity index (χ0n) is 13.5. The molecular weight excluding hydrogens is 310 g/mol. The zero-order valence-corrected chi connectivity index (χ0v) is 13.5. The Balaban J connectivity index is 1.77. The number of amides is 1. The molecular formula is C17H19N3O4. The number of carboxylic acids is 1. The Kier molecular flexibility index (Phi) is 4.11. The molecule has 0 saturated heterocycles. The number of rotatable bonds is 4. The molecule has 0 radical (unpaired) electrons. The summed E-state index contributed by atoms with van der Waals surface area (Å²) < 4.78 is 6.92. The number of hydrogen-bond donors (Lipinski definition) is 2. The maximum absolute atomic E-state index is 12.5. The fourth-order valence-electron chi connectivity index (χ4n) is 2.61. The van der Waals surface area contributed by atoms with Crippen LogP contribution < -0.4 is 5.32 Å². The average Bonchev–Trinajstić information content (AvgIpc) is 3.03. The van der Waals surface area contributed by atoms with Gasteiger partial charge < -0.3 is 15.2 Å². The molecule has 0 saturated carbocycles. The summed E-state index contributed by atoms with van der Waals surface area (Å²) in [5.74, 6) is -1.30. The van der Waals surface area contributed by atoms with Crippen LogP contribution in [0.1, 0.15) is 31.1 Å². The molecule has 24 heavy (non-hydrogen) atoms. The van der Waals surface area contributed by atoms with E-state index in [2.05, 4.69) is 10.4 Å². The van der Waals surface area contributed by atoms with Crippen LogP contribution in [0.15, 0.2) is 36.7 Å². The highest BCUT2D eigenvalue weighted by molar-refractivity contribution is 5.95. The van der Waals surface area contributed by atoms with Gasteiger partial charge in [-0.3, -0.25) is 9.48 Å². The minimum Gasteiger partial charge on any atom is -0.479 e. The lowest BCUT2D eigenvalue weighted by molar-refractivity contribution is -0.146. The molecule has 0 fully saturated rings. The van der Waals surface area contributed by atoms with Crippen molar-refractivity contribution in [3.8, 4) is 0 Å². The van der Waals surface area contributed by atoms with Gasteiger partial charge in [0.05, 0.1) is 18.5 Å². The molecule has 1 aromatic heterocycles. The van der Waals surface area contributed by atoms with Crippen molar-refractivity contribution in [3.63, 3.8) is 0 Å². The maximum Gasteiger partial charge on any atom is 0.331 e. The zero-order chi connectivity index (χ0) is 17.3. The number of aliphatic carboxylic acids is 1. The van der Waals surface area contributed by atoms with Crippen molar-refractivity contribution in [2.75, 3.05) is 11.9 Å². The van der Waals surface area contributed by atoms with Crippen LogP contribution in [0.4, 0.5) is 5.69 Å². The summed E-state index contributed by atoms with van der Waals surface area (Å²) in [6, 6.07) is 7.69. The van der Waals surface area contributed by atoms with E-state index in [0.717, 1.165) is 17.5 Å². The highest BCUT2D eigenvalue weighted by Crippen LogP contribution is 2.28. The second kappa shape index (κ2) is 6.09. The number of benzene rings is 1. The van der Waals surface area contributed by atoms with E-state index in [1.165, 1.54) is 30.9 Å². The fourth-order valence-corrected chi connectivity index (χ4v) is 2.61. The van der Waals surface area contributed by atoms with Crippen LogP contribution in [0.5, 0.6) is 0 Å². The van der Waals surface area contributed by atoms with E-state index in [0.29, 0.717) is 12.3 Å². The maximum atomic E-state index is 12.5. The van der Waals surface area contributed by atoms with Gasteiger partial charge in [0.1, 0.15) is 0 Å². The number of nitrogens with zero attached hydrogens (tertiary/aromatic N) is 2. The van der Waals surface area contributed by atoms with Crippen molar-refractivity contribution in [2.45, 2.75) is 31.9 Å². The van der Waals surface area contributed by atoms with E-state index in [4.69, 9.17) is 4.74 Å². The lowest BCUT2D eigenvalue weighted by Crippen LogP contribution is -2.36. The molecule has 0 spiro atoms. The number of nitrogens with one attached hydrogen (secondary N) is 1. The van der Waals surface area contributed by atoms with Crippen molar-refractivity contribution in [1.82, 2.24) is 9.78 Å². The Hall–Kier alpha value is -2.67. The average molecular weight is 329 g/mol. The molecule has 1 aromatic carbocycles. The topological polar surface area (TPSA) is 93.5 Å². The fraction of sp³-hybridized carbons (Fsp3) is 0.353. The molecule has 1 atom stereocenters. The molecule has 0 aliphatic carbocycles. The number of hydrogen-bond acceptors (Lipinski definition) is 4. The summed E-state index contributed by atoms with van der Waals surface area (Å²) in [7, 11) is 0. The van der Waals surface area contributed by atoms with Gasteiger partial charge in [0.15, 0.2) is 11.6 Å². The highest BCUT2D eigenvalue weighted by Gasteiger charge is 2.31. The molecule has 2 aromatic rings. The Labute approximate surface area is 139 Å². The lowest BCUT2D eigenvalue weighted by atomic mass is 9.97. The summed E-state index contributed by atoms with van der Waals surface area (Å²) in [6.07, 6.45) is 3.04. The molecule has 126 valence electrons. The smallest absolute Gasteiger partial charge is 0.331 e. The third-order valence-electron chi connectivity index (χ3n) is 4.18. The first-order chi connectivity index (χ1) is 11.4. The minimum atomic E-state index is -1.20. The monoisotopic (exact) mass is 329 g/mol. The molecule has 1 aliphatic heterocycles. The van der Waals surface area contributed by atoms with E-state index in [9.17, 15) is 14.7 Å². The SMILES string of the molecule is CC(C)(C(=O)O)n1cc(NC(=O)C2OCCc3ccccc32)cn1. The summed E-state index contributed by atoms with van der Waals surface area (Å²) in [5.41, 5.74) is 1.20. The molecule has 1 aliphatic rings. The summed E-state index contributed by atoms with van der Waals surface area (Å²) in [4.78, 5) is 23.8. The molecule has 7 heteroatoms. The van der Waals surface area contributed by atoms with E-state index in [1.807, 2.05) is 24.3 Å². The Morgan fingerprint density at radius 1 is 1.38 bits per heavy atom. The molecule has 7 nitrogen and oxygen atoms in total. The second-order valence-electron chi connectivity index (χ2n) is 6.23. The van der Waals surface area contributed by atoms with Crippen molar-refractivity contribution in [3.05, 3.63) is 47.8 Å². The van der Waals surface area contributed by atoms with Gasteiger partial charge in [0.2, 0.25) is 0 Å². The van der Waals surface area contributed by atoms with Crippen LogP contribution in [-0.4, -0.2) is 33.4 Å². The van der Waals surface area contributed by atoms with Gasteiger partial charge in [-0.15, -0.1) is 0 Å². The lowest BCUT2D eigenvalue weighted by Gasteiger charge is -2.25. The van der Waals surface area contributed by atoms with E-state index < -0.39 is 17.6 Å². The number of aromatic nitrogens is 2. The number of carboxylic acid groups (broad SMARTS) is 1. The van der Waals surface area contributed by atoms with Gasteiger partial charge in [-0.25, -0.2) is 4.79 Å². The first-order valence-electron chi connectivity index (χ1n) is 7.68. The number of carbonyl (C=O) groups is 2. The van der Waals surface area contributed by atoms with Crippen molar-refractivity contribution in [2.24, 2.45) is 0 Å². The third kappa shape index (κ3) is 2.90. The second-order valence-corrected chi connectivity index (χ2v) is 6.23. The van der Waals surface area contributed by atoms with Crippen molar-refractivity contribution < 1.29 is 19.4 Å². The molecule has 3 rings (SSSR count). The number of carbonyl (C=O) groups excluding carboxylic acids is 1. The normalized spacial score (nSPS) is 17.2. The quantitative estimate of drug-likeness (QED) is 0.894. The number of fused-ring (bicyclic) bond motifs is 1. The van der Waals surface area contributed by atoms with Crippen LogP contribution in [-0.2, 0) is 26.3 Å². The van der Waals surface area contributed by atoms with E-state index in [-0.39, 0.29) is 5.91 Å². The van der Waals surface area contributed by atoms with Crippen LogP contribution in [0, 0.1) is 0 Å². The highest BCUT2D eigenvalue weighted by atomic mass is 16.5. The summed E-state index contributed by atoms with van der Waals surface area (Å²) >= 11 is 0. The van der Waals surface area contributed by atoms with E-state index in [1.54, 1.807) is 0 Å². The van der Waals surface area contributed by atoms with Crippen molar-refractivity contribution >= 4 is 17.6 Å². The first-order valence-corrected chi connectivity index (χ1v) is 7.68. The van der Waals surface area contributed by atoms with Crippen LogP contribution in [0.3, 0.4) is 0 Å². The van der Waals surface area contributed by atoms with Gasteiger partial charge >= 0.3 is 5.97 Å². The van der Waals surface area contributed by atoms with Crippen molar-refractivity contribution in [1.29, 1.82) is 0 Å². The van der Waals surface area contributed by atoms with Crippen LogP contribution in [0.2, 0.25) is 0 Å². The minimum absolute atomic E-state index is 0.296. The predicted octanol–water partition coefficient (Wildman–Crippen LogP) is 1.96. The Morgan fingerprint density at radius 2 is 2.12 bits per heavy atom. The molecule has 2 N–H and O–H groups in total. The van der Waals surface area contributed by atoms with E-state index >= 15 is 0 Å². The third-order valence-corrected chi connectivity index (χ3v) is 4.18.